The van der Waals surface area contributed by atoms with Crippen molar-refractivity contribution in [3.8, 4) is 0 Å². The van der Waals surface area contributed by atoms with Crippen LogP contribution in [0.3, 0.4) is 0 Å². The standard InChI is InChI=1S/C20H23N.C13H20N2O2/c1-21(2)15-7-12-20-18-10-5-3-8-16(18)13-14-17-9-4-6-11-19(17)20;1-3-15(4-2)9-10-17-13(16)11-5-7-12(14)8-6-11/h3-6,8-12H,7,13-15H2,1-2H3;5-8H,3-4,9-10,14H2,1-2H3. The molecule has 0 unspecified atom stereocenters. The van der Waals surface area contributed by atoms with Gasteiger partial charge in [-0.25, -0.2) is 4.79 Å². The summed E-state index contributed by atoms with van der Waals surface area (Å²) in [5.74, 6) is -0.294. The summed E-state index contributed by atoms with van der Waals surface area (Å²) in [4.78, 5) is 16.1. The molecular weight excluding hydrogens is 470 g/mol. The molecule has 4 rings (SSSR count). The second kappa shape index (κ2) is 15.1. The number of anilines is 1. The molecule has 38 heavy (non-hydrogen) atoms. The molecular formula is C33H43N3O2. The van der Waals surface area contributed by atoms with Crippen molar-refractivity contribution in [2.24, 2.45) is 0 Å². The quantitative estimate of drug-likeness (QED) is 0.284. The molecule has 3 aromatic rings. The van der Waals surface area contributed by atoms with Gasteiger partial charge in [-0.15, -0.1) is 0 Å². The zero-order chi connectivity index (χ0) is 27.3. The predicted molar refractivity (Wildman–Crippen MR) is 159 cm³/mol. The first kappa shape index (κ1) is 29.2. The summed E-state index contributed by atoms with van der Waals surface area (Å²) < 4.78 is 5.18. The van der Waals surface area contributed by atoms with Crippen molar-refractivity contribution >= 4 is 17.2 Å². The maximum absolute atomic E-state index is 11.6. The van der Waals surface area contributed by atoms with Gasteiger partial charge in [0.05, 0.1) is 5.56 Å². The number of nitrogens with zero attached hydrogens (tertiary/aromatic N) is 2. The summed E-state index contributed by atoms with van der Waals surface area (Å²) >= 11 is 0. The van der Waals surface area contributed by atoms with Crippen LogP contribution in [0.15, 0.2) is 78.9 Å². The summed E-state index contributed by atoms with van der Waals surface area (Å²) in [6.45, 7) is 8.40. The second-order valence-electron chi connectivity index (χ2n) is 9.81. The highest BCUT2D eigenvalue weighted by atomic mass is 16.5. The number of nitrogen functional groups attached to an aromatic ring is 1. The van der Waals surface area contributed by atoms with E-state index in [1.54, 1.807) is 24.3 Å². The minimum atomic E-state index is -0.294. The van der Waals surface area contributed by atoms with E-state index in [-0.39, 0.29) is 5.97 Å². The molecule has 0 aromatic heterocycles. The van der Waals surface area contributed by atoms with Crippen molar-refractivity contribution < 1.29 is 9.53 Å². The van der Waals surface area contributed by atoms with Gasteiger partial charge in [0.2, 0.25) is 0 Å². The molecule has 2 N–H and O–H groups in total. The molecule has 0 saturated heterocycles. The summed E-state index contributed by atoms with van der Waals surface area (Å²) in [6, 6.07) is 24.5. The molecule has 0 spiro atoms. The third-order valence-electron chi connectivity index (χ3n) is 6.89. The Morgan fingerprint density at radius 2 is 1.39 bits per heavy atom. The SMILES string of the molecule is CCN(CC)CCOC(=O)c1ccc(N)cc1.CN(C)CCC=C1c2ccccc2CCc2ccccc21. The smallest absolute Gasteiger partial charge is 0.338 e. The zero-order valence-electron chi connectivity index (χ0n) is 23.5. The summed E-state index contributed by atoms with van der Waals surface area (Å²) in [7, 11) is 4.26. The minimum Gasteiger partial charge on any atom is -0.461 e. The Hall–Kier alpha value is -3.41. The molecule has 0 heterocycles. The van der Waals surface area contributed by atoms with E-state index in [0.29, 0.717) is 17.9 Å². The van der Waals surface area contributed by atoms with Gasteiger partial charge in [0.1, 0.15) is 6.61 Å². The normalized spacial score (nSPS) is 12.2. The van der Waals surface area contributed by atoms with Gasteiger partial charge in [-0.05, 0) is 98.5 Å². The molecule has 0 fully saturated rings. The van der Waals surface area contributed by atoms with Crippen LogP contribution in [-0.2, 0) is 17.6 Å². The number of nitrogens with two attached hydrogens (primary N) is 1. The van der Waals surface area contributed by atoms with Crippen molar-refractivity contribution in [1.29, 1.82) is 0 Å². The molecule has 0 aliphatic heterocycles. The monoisotopic (exact) mass is 513 g/mol. The van der Waals surface area contributed by atoms with Crippen LogP contribution in [-0.4, -0.2) is 62.7 Å². The van der Waals surface area contributed by atoms with E-state index in [1.807, 2.05) is 0 Å². The average molecular weight is 514 g/mol. The van der Waals surface area contributed by atoms with Gasteiger partial charge in [-0.3, -0.25) is 0 Å². The van der Waals surface area contributed by atoms with E-state index in [0.717, 1.165) is 45.4 Å². The lowest BCUT2D eigenvalue weighted by Gasteiger charge is -2.17. The summed E-state index contributed by atoms with van der Waals surface area (Å²) in [5.41, 5.74) is 13.9. The van der Waals surface area contributed by atoms with E-state index >= 15 is 0 Å². The second-order valence-corrected chi connectivity index (χ2v) is 9.81. The summed E-state index contributed by atoms with van der Waals surface area (Å²) in [6.07, 6.45) is 5.78. The van der Waals surface area contributed by atoms with E-state index < -0.39 is 0 Å². The van der Waals surface area contributed by atoms with Gasteiger partial charge in [-0.2, -0.15) is 0 Å². The van der Waals surface area contributed by atoms with Crippen LogP contribution in [0, 0.1) is 0 Å². The number of fused-ring (bicyclic) bond motifs is 2. The van der Waals surface area contributed by atoms with Gasteiger partial charge >= 0.3 is 5.97 Å². The number of carbonyl (C=O) groups is 1. The molecule has 0 atom stereocenters. The number of hydrogen-bond acceptors (Lipinski definition) is 5. The number of aryl methyl sites for hydroxylation is 2. The molecule has 0 radical (unpaired) electrons. The largest absolute Gasteiger partial charge is 0.461 e. The number of rotatable bonds is 9. The Morgan fingerprint density at radius 1 is 0.842 bits per heavy atom. The van der Waals surface area contributed by atoms with Gasteiger partial charge in [0.25, 0.3) is 0 Å². The number of benzene rings is 3. The number of likely N-dealkylation sites (N-methyl/N-ethyl adjacent to an activating group) is 1. The Labute approximate surface area is 228 Å². The predicted octanol–water partition coefficient (Wildman–Crippen LogP) is 5.94. The molecule has 1 aliphatic carbocycles. The molecule has 0 amide bonds. The van der Waals surface area contributed by atoms with Gasteiger partial charge < -0.3 is 20.3 Å². The van der Waals surface area contributed by atoms with Crippen molar-refractivity contribution in [3.63, 3.8) is 0 Å². The molecule has 1 aliphatic rings. The fraction of sp³-hybridized carbons (Fsp3) is 0.364. The van der Waals surface area contributed by atoms with Gasteiger partial charge in [0, 0.05) is 18.8 Å². The topological polar surface area (TPSA) is 58.8 Å². The number of hydrogen-bond donors (Lipinski definition) is 1. The third kappa shape index (κ3) is 8.57. The zero-order valence-corrected chi connectivity index (χ0v) is 23.5. The van der Waals surface area contributed by atoms with E-state index in [9.17, 15) is 4.79 Å². The highest BCUT2D eigenvalue weighted by Crippen LogP contribution is 2.33. The number of carbonyl (C=O) groups excluding carboxylic acids is 1. The van der Waals surface area contributed by atoms with Crippen LogP contribution < -0.4 is 5.73 Å². The highest BCUT2D eigenvalue weighted by Gasteiger charge is 2.17. The van der Waals surface area contributed by atoms with Crippen molar-refractivity contribution in [2.75, 3.05) is 52.6 Å². The van der Waals surface area contributed by atoms with E-state index in [4.69, 9.17) is 10.5 Å². The number of esters is 1. The first-order valence-electron chi connectivity index (χ1n) is 13.7. The average Bonchev–Trinajstić information content (AvgIpc) is 3.09. The van der Waals surface area contributed by atoms with Crippen LogP contribution in [0.5, 0.6) is 0 Å². The minimum absolute atomic E-state index is 0.294. The lowest BCUT2D eigenvalue weighted by molar-refractivity contribution is 0.0466. The van der Waals surface area contributed by atoms with Crippen LogP contribution >= 0.6 is 0 Å². The van der Waals surface area contributed by atoms with Gasteiger partial charge in [-0.1, -0.05) is 68.5 Å². The molecule has 3 aromatic carbocycles. The molecule has 202 valence electrons. The molecule has 5 heteroatoms. The summed E-state index contributed by atoms with van der Waals surface area (Å²) in [5, 5.41) is 0. The van der Waals surface area contributed by atoms with Crippen LogP contribution in [0.1, 0.15) is 52.9 Å². The van der Waals surface area contributed by atoms with Gasteiger partial charge in [0.15, 0.2) is 0 Å². The molecule has 0 bridgehead atoms. The van der Waals surface area contributed by atoms with Crippen molar-refractivity contribution in [3.05, 3.63) is 107 Å². The lowest BCUT2D eigenvalue weighted by Crippen LogP contribution is -2.27. The fourth-order valence-corrected chi connectivity index (χ4v) is 4.61. The maximum atomic E-state index is 11.6. The Bertz CT molecular complexity index is 1130. The lowest BCUT2D eigenvalue weighted by atomic mass is 9.93. The fourth-order valence-electron chi connectivity index (χ4n) is 4.61. The van der Waals surface area contributed by atoms with Crippen LogP contribution in [0.4, 0.5) is 5.69 Å². The highest BCUT2D eigenvalue weighted by molar-refractivity contribution is 5.89. The Kier molecular flexibility index (Phi) is 11.6. The van der Waals surface area contributed by atoms with Crippen LogP contribution in [0.25, 0.3) is 5.57 Å². The maximum Gasteiger partial charge on any atom is 0.338 e. The molecule has 5 nitrogen and oxygen atoms in total. The molecule has 0 saturated carbocycles. The third-order valence-corrected chi connectivity index (χ3v) is 6.89. The number of ether oxygens (including phenoxy) is 1. The first-order valence-corrected chi connectivity index (χ1v) is 13.7. The van der Waals surface area contributed by atoms with Crippen molar-refractivity contribution in [1.82, 2.24) is 9.80 Å². The van der Waals surface area contributed by atoms with Crippen molar-refractivity contribution in [2.45, 2.75) is 33.1 Å². The Morgan fingerprint density at radius 3 is 1.92 bits per heavy atom. The first-order chi connectivity index (χ1) is 18.4. The Balaban J connectivity index is 0.000000216. The van der Waals surface area contributed by atoms with E-state index in [1.165, 1.54) is 27.8 Å². The van der Waals surface area contributed by atoms with Crippen LogP contribution in [0.2, 0.25) is 0 Å². The van der Waals surface area contributed by atoms with E-state index in [2.05, 4.69) is 92.3 Å².